The predicted molar refractivity (Wildman–Crippen MR) is 113 cm³/mol. The third kappa shape index (κ3) is 3.32. The first-order valence-electron chi connectivity index (χ1n) is 8.87. The zero-order valence-corrected chi connectivity index (χ0v) is 16.2. The first kappa shape index (κ1) is 18.1. The molecule has 0 saturated carbocycles. The van der Waals surface area contributed by atoms with Gasteiger partial charge in [0.2, 0.25) is 0 Å². The van der Waals surface area contributed by atoms with Crippen LogP contribution in [0, 0.1) is 10.1 Å². The number of nitrogens with zero attached hydrogens (tertiary/aromatic N) is 3. The number of nitro benzene ring substituents is 1. The van der Waals surface area contributed by atoms with Gasteiger partial charge in [0.15, 0.2) is 0 Å². The molecule has 0 aliphatic rings. The Morgan fingerprint density at radius 2 is 1.93 bits per heavy atom. The Kier molecular flexibility index (Phi) is 4.75. The lowest BCUT2D eigenvalue weighted by Gasteiger charge is -2.15. The highest BCUT2D eigenvalue weighted by Crippen LogP contribution is 2.39. The molecule has 0 radical (unpaired) electrons. The normalized spacial score (nSPS) is 11.1. The fraction of sp³-hybridized carbons (Fsp3) is 0.143. The van der Waals surface area contributed by atoms with Gasteiger partial charge >= 0.3 is 0 Å². The van der Waals surface area contributed by atoms with Crippen molar-refractivity contribution in [3.8, 4) is 11.1 Å². The van der Waals surface area contributed by atoms with Crippen molar-refractivity contribution in [2.75, 3.05) is 5.32 Å². The van der Waals surface area contributed by atoms with Crippen LogP contribution in [-0.2, 0) is 0 Å². The molecule has 6 nitrogen and oxygen atoms in total. The highest BCUT2D eigenvalue weighted by Gasteiger charge is 2.16. The van der Waals surface area contributed by atoms with E-state index in [-0.39, 0.29) is 10.6 Å². The van der Waals surface area contributed by atoms with Crippen LogP contribution in [0.5, 0.6) is 0 Å². The lowest BCUT2D eigenvalue weighted by Crippen LogP contribution is -2.00. The summed E-state index contributed by atoms with van der Waals surface area (Å²) >= 11 is 1.50. The first-order valence-corrected chi connectivity index (χ1v) is 9.75. The molecular formula is C21H18N4O2S. The molecule has 28 heavy (non-hydrogen) atoms. The van der Waals surface area contributed by atoms with Gasteiger partial charge in [-0.2, -0.15) is 0 Å². The van der Waals surface area contributed by atoms with Crippen molar-refractivity contribution in [2.24, 2.45) is 0 Å². The zero-order valence-electron chi connectivity index (χ0n) is 15.4. The van der Waals surface area contributed by atoms with E-state index in [1.807, 2.05) is 29.6 Å². The second-order valence-electron chi connectivity index (χ2n) is 6.73. The number of aromatic nitrogens is 2. The van der Waals surface area contributed by atoms with Crippen LogP contribution >= 0.6 is 11.3 Å². The van der Waals surface area contributed by atoms with Crippen LogP contribution in [0.4, 0.5) is 17.2 Å². The maximum Gasteiger partial charge on any atom is 0.270 e. The molecule has 0 spiro atoms. The van der Waals surface area contributed by atoms with E-state index in [0.29, 0.717) is 11.7 Å². The number of hydrogen-bond donors (Lipinski definition) is 1. The molecule has 2 heterocycles. The number of nitrogens with one attached hydrogen (secondary N) is 1. The molecule has 2 aromatic carbocycles. The number of rotatable bonds is 5. The molecule has 0 aliphatic carbocycles. The van der Waals surface area contributed by atoms with Crippen molar-refractivity contribution in [2.45, 2.75) is 19.8 Å². The third-order valence-corrected chi connectivity index (χ3v) is 5.46. The molecule has 0 saturated heterocycles. The van der Waals surface area contributed by atoms with Crippen LogP contribution in [0.2, 0.25) is 0 Å². The van der Waals surface area contributed by atoms with Gasteiger partial charge in [-0.25, -0.2) is 9.97 Å². The summed E-state index contributed by atoms with van der Waals surface area (Å²) in [5, 5.41) is 17.5. The highest BCUT2D eigenvalue weighted by atomic mass is 32.1. The SMILES string of the molecule is CC(C)c1ccccc1Nc1ncnc2scc(-c3cccc([N+](=O)[O-])c3)c12. The van der Waals surface area contributed by atoms with Gasteiger partial charge in [0.1, 0.15) is 17.0 Å². The van der Waals surface area contributed by atoms with Crippen molar-refractivity contribution in [3.63, 3.8) is 0 Å². The highest BCUT2D eigenvalue weighted by molar-refractivity contribution is 7.17. The number of hydrogen-bond acceptors (Lipinski definition) is 6. The van der Waals surface area contributed by atoms with Crippen LogP contribution in [0.1, 0.15) is 25.3 Å². The summed E-state index contributed by atoms with van der Waals surface area (Å²) in [7, 11) is 0. The molecule has 4 rings (SSSR count). The smallest absolute Gasteiger partial charge is 0.270 e. The topological polar surface area (TPSA) is 81.0 Å². The number of fused-ring (bicyclic) bond motifs is 1. The van der Waals surface area contributed by atoms with Gasteiger partial charge in [-0.3, -0.25) is 10.1 Å². The van der Waals surface area contributed by atoms with E-state index in [0.717, 1.165) is 27.0 Å². The van der Waals surface area contributed by atoms with E-state index >= 15 is 0 Å². The molecule has 0 unspecified atom stereocenters. The Labute approximate surface area is 166 Å². The Morgan fingerprint density at radius 1 is 1.11 bits per heavy atom. The van der Waals surface area contributed by atoms with Gasteiger partial charge in [-0.15, -0.1) is 11.3 Å². The number of benzene rings is 2. The summed E-state index contributed by atoms with van der Waals surface area (Å²) in [6, 6.07) is 14.8. The molecule has 140 valence electrons. The van der Waals surface area contributed by atoms with Gasteiger partial charge in [-0.1, -0.05) is 44.2 Å². The van der Waals surface area contributed by atoms with E-state index in [9.17, 15) is 10.1 Å². The molecule has 0 bridgehead atoms. The predicted octanol–water partition coefficient (Wildman–Crippen LogP) is 6.13. The van der Waals surface area contributed by atoms with Gasteiger partial charge in [0, 0.05) is 28.8 Å². The minimum atomic E-state index is -0.382. The molecular weight excluding hydrogens is 372 g/mol. The van der Waals surface area contributed by atoms with Crippen molar-refractivity contribution in [1.82, 2.24) is 9.97 Å². The van der Waals surface area contributed by atoms with Crippen molar-refractivity contribution >= 4 is 38.7 Å². The molecule has 7 heteroatoms. The average molecular weight is 390 g/mol. The van der Waals surface area contributed by atoms with Gasteiger partial charge in [-0.05, 0) is 23.1 Å². The minimum Gasteiger partial charge on any atom is -0.339 e. The van der Waals surface area contributed by atoms with Gasteiger partial charge in [0.05, 0.1) is 10.3 Å². The van der Waals surface area contributed by atoms with Crippen molar-refractivity contribution in [1.29, 1.82) is 0 Å². The lowest BCUT2D eigenvalue weighted by atomic mass is 10.0. The third-order valence-electron chi connectivity index (χ3n) is 4.57. The van der Waals surface area contributed by atoms with Crippen LogP contribution < -0.4 is 5.32 Å². The molecule has 2 aromatic heterocycles. The van der Waals surface area contributed by atoms with E-state index in [4.69, 9.17) is 0 Å². The molecule has 0 atom stereocenters. The van der Waals surface area contributed by atoms with Crippen LogP contribution in [0.3, 0.4) is 0 Å². The molecule has 0 amide bonds. The lowest BCUT2D eigenvalue weighted by molar-refractivity contribution is -0.384. The second-order valence-corrected chi connectivity index (χ2v) is 7.58. The van der Waals surface area contributed by atoms with E-state index in [2.05, 4.69) is 35.2 Å². The van der Waals surface area contributed by atoms with E-state index < -0.39 is 0 Å². The molecule has 0 fully saturated rings. The quantitative estimate of drug-likeness (QED) is 0.327. The monoisotopic (exact) mass is 390 g/mol. The van der Waals surface area contributed by atoms with Gasteiger partial charge in [0.25, 0.3) is 5.69 Å². The van der Waals surface area contributed by atoms with E-state index in [1.165, 1.54) is 29.3 Å². The minimum absolute atomic E-state index is 0.0633. The van der Waals surface area contributed by atoms with E-state index in [1.54, 1.807) is 12.1 Å². The number of anilines is 2. The number of nitro groups is 1. The second kappa shape index (κ2) is 7.36. The molecule has 0 aliphatic heterocycles. The first-order chi connectivity index (χ1) is 13.5. The number of para-hydroxylation sites is 1. The number of non-ortho nitro benzene ring substituents is 1. The number of thiophene rings is 1. The van der Waals surface area contributed by atoms with Crippen molar-refractivity contribution < 1.29 is 4.92 Å². The largest absolute Gasteiger partial charge is 0.339 e. The summed E-state index contributed by atoms with van der Waals surface area (Å²) < 4.78 is 0. The Bertz CT molecular complexity index is 1170. The summed E-state index contributed by atoms with van der Waals surface area (Å²) in [4.78, 5) is 20.5. The summed E-state index contributed by atoms with van der Waals surface area (Å²) in [6.07, 6.45) is 1.54. The summed E-state index contributed by atoms with van der Waals surface area (Å²) in [5.41, 5.74) is 3.91. The zero-order chi connectivity index (χ0) is 19.7. The summed E-state index contributed by atoms with van der Waals surface area (Å²) in [5.74, 6) is 1.06. The summed E-state index contributed by atoms with van der Waals surface area (Å²) in [6.45, 7) is 4.30. The standard InChI is InChI=1S/C21H18N4O2S/c1-13(2)16-8-3-4-9-18(16)24-20-19-17(11-28-21(19)23-12-22-20)14-6-5-7-15(10-14)25(26)27/h3-13H,1-2H3,(H,22,23,24). The Hall–Kier alpha value is -3.32. The molecule has 1 N–H and O–H groups in total. The fourth-order valence-corrected chi connectivity index (χ4v) is 4.13. The van der Waals surface area contributed by atoms with Crippen molar-refractivity contribution in [3.05, 3.63) is 75.9 Å². The average Bonchev–Trinajstić information content (AvgIpc) is 3.13. The molecule has 4 aromatic rings. The Morgan fingerprint density at radius 3 is 2.71 bits per heavy atom. The van der Waals surface area contributed by atoms with Crippen LogP contribution in [0.25, 0.3) is 21.3 Å². The Balaban J connectivity index is 1.85. The van der Waals surface area contributed by atoms with Gasteiger partial charge < -0.3 is 5.32 Å². The maximum atomic E-state index is 11.2. The fourth-order valence-electron chi connectivity index (χ4n) is 3.21. The van der Waals surface area contributed by atoms with Crippen LogP contribution in [-0.4, -0.2) is 14.9 Å². The van der Waals surface area contributed by atoms with Crippen LogP contribution in [0.15, 0.2) is 60.2 Å². The maximum absolute atomic E-state index is 11.2.